The first kappa shape index (κ1) is 31.0. The molecule has 1 heterocycles. The Morgan fingerprint density at radius 3 is 2.36 bits per heavy atom. The number of piperidine rings is 1. The second-order valence-corrected chi connectivity index (χ2v) is 13.7. The van der Waals surface area contributed by atoms with Crippen LogP contribution in [0.2, 0.25) is 15.1 Å². The maximum absolute atomic E-state index is 13.8. The first-order chi connectivity index (χ1) is 20.2. The van der Waals surface area contributed by atoms with Gasteiger partial charge in [-0.3, -0.25) is 9.00 Å². The number of carbonyl (C=O) groups is 1. The molecule has 0 spiro atoms. The Morgan fingerprint density at radius 1 is 0.929 bits per heavy atom. The van der Waals surface area contributed by atoms with Gasteiger partial charge < -0.3 is 9.80 Å². The maximum Gasteiger partial charge on any atom is 0.255 e. The molecule has 0 aromatic heterocycles. The molecule has 4 aromatic carbocycles. The summed E-state index contributed by atoms with van der Waals surface area (Å²) in [6, 6.07) is 25.4. The number of nitrogens with zero attached hydrogens (tertiary/aromatic N) is 2. The zero-order valence-electron chi connectivity index (χ0n) is 23.9. The van der Waals surface area contributed by atoms with Crippen molar-refractivity contribution in [2.45, 2.75) is 36.0 Å². The lowest BCUT2D eigenvalue weighted by molar-refractivity contribution is 0.0784. The molecular weight excluding hydrogens is 607 g/mol. The highest BCUT2D eigenvalue weighted by Gasteiger charge is 2.26. The first-order valence-electron chi connectivity index (χ1n) is 14.2. The molecule has 0 radical (unpaired) electrons. The Balaban J connectivity index is 1.30. The number of carbonyl (C=O) groups excluding carboxylic acids is 1. The molecule has 1 fully saturated rings. The molecule has 1 aliphatic rings. The van der Waals surface area contributed by atoms with Crippen molar-refractivity contribution in [3.05, 3.63) is 111 Å². The Labute approximate surface area is 266 Å². The van der Waals surface area contributed by atoms with Gasteiger partial charge in [0.05, 0.1) is 31.4 Å². The Morgan fingerprint density at radius 2 is 1.62 bits per heavy atom. The number of amides is 1. The van der Waals surface area contributed by atoms with Crippen molar-refractivity contribution in [2.24, 2.45) is 0 Å². The molecule has 1 aliphatic heterocycles. The van der Waals surface area contributed by atoms with E-state index in [4.69, 9.17) is 34.8 Å². The molecule has 220 valence electrons. The summed E-state index contributed by atoms with van der Waals surface area (Å²) in [5.74, 6) is 0.375. The number of likely N-dealkylation sites (N-methyl/N-ethyl adjacent to an activating group) is 1. The predicted molar refractivity (Wildman–Crippen MR) is 177 cm³/mol. The van der Waals surface area contributed by atoms with E-state index in [2.05, 4.69) is 11.0 Å². The summed E-state index contributed by atoms with van der Waals surface area (Å²) in [6.45, 7) is 3.37. The Bertz CT molecular complexity index is 1600. The van der Waals surface area contributed by atoms with Crippen molar-refractivity contribution < 1.29 is 9.00 Å². The lowest BCUT2D eigenvalue weighted by atomic mass is 9.88. The van der Waals surface area contributed by atoms with E-state index in [9.17, 15) is 9.00 Å². The van der Waals surface area contributed by atoms with Gasteiger partial charge in [0.2, 0.25) is 0 Å². The zero-order valence-corrected chi connectivity index (χ0v) is 26.9. The molecule has 2 atom stereocenters. The normalized spacial score (nSPS) is 15.9. The smallest absolute Gasteiger partial charge is 0.255 e. The molecule has 4 nitrogen and oxygen atoms in total. The topological polar surface area (TPSA) is 40.6 Å². The molecule has 4 aromatic rings. The van der Waals surface area contributed by atoms with Crippen LogP contribution >= 0.6 is 34.8 Å². The molecule has 0 saturated carbocycles. The number of benzene rings is 4. The highest BCUT2D eigenvalue weighted by molar-refractivity contribution is 7.84. The minimum atomic E-state index is -0.993. The van der Waals surface area contributed by atoms with Gasteiger partial charge in [-0.15, -0.1) is 0 Å². The standard InChI is InChI=1S/C34H35Cl3N2O2S/c1-38(34(40)33-28-9-4-3-7-23(28)11-14-30(33)36)22-26(25-12-13-29(35)31(37)21-25)17-20-39-18-15-24(16-19-39)27-8-5-6-10-32(27)42(2)41/h3-14,21,24,26H,15-20,22H2,1-2H3/t26-,42+/m1/s1. The summed E-state index contributed by atoms with van der Waals surface area (Å²) < 4.78 is 12.3. The fourth-order valence-corrected chi connectivity index (χ4v) is 7.47. The summed E-state index contributed by atoms with van der Waals surface area (Å²) in [7, 11) is 0.846. The van der Waals surface area contributed by atoms with Crippen LogP contribution in [-0.4, -0.2) is 59.4 Å². The van der Waals surface area contributed by atoms with Gasteiger partial charge in [0.25, 0.3) is 5.91 Å². The quantitative estimate of drug-likeness (QED) is 0.184. The van der Waals surface area contributed by atoms with Crippen molar-refractivity contribution in [3.8, 4) is 0 Å². The zero-order chi connectivity index (χ0) is 29.8. The molecule has 0 bridgehead atoms. The number of halogens is 3. The van der Waals surface area contributed by atoms with Crippen molar-refractivity contribution >= 4 is 62.3 Å². The van der Waals surface area contributed by atoms with Gasteiger partial charge in [0, 0.05) is 30.7 Å². The molecule has 1 saturated heterocycles. The van der Waals surface area contributed by atoms with E-state index in [0.29, 0.717) is 33.1 Å². The number of hydrogen-bond donors (Lipinski definition) is 0. The van der Waals surface area contributed by atoms with Gasteiger partial charge in [-0.2, -0.15) is 0 Å². The Kier molecular flexibility index (Phi) is 10.3. The highest BCUT2D eigenvalue weighted by atomic mass is 35.5. The summed E-state index contributed by atoms with van der Waals surface area (Å²) in [5.41, 5.74) is 2.81. The molecule has 8 heteroatoms. The first-order valence-corrected chi connectivity index (χ1v) is 16.9. The van der Waals surface area contributed by atoms with Crippen LogP contribution in [0.15, 0.2) is 83.8 Å². The minimum absolute atomic E-state index is 0.0587. The third-order valence-electron chi connectivity index (χ3n) is 8.40. The SMILES string of the molecule is CN(C[C@@H](CCN1CCC(c2ccccc2[S@](C)=O)CC1)c1ccc(Cl)c(Cl)c1)C(=O)c1c(Cl)ccc2ccccc12. The van der Waals surface area contributed by atoms with Crippen molar-refractivity contribution in [1.29, 1.82) is 0 Å². The molecule has 1 amide bonds. The fraction of sp³-hybridized carbons (Fsp3) is 0.324. The summed E-state index contributed by atoms with van der Waals surface area (Å²) in [4.78, 5) is 19.0. The average Bonchev–Trinajstić information content (AvgIpc) is 3.00. The second-order valence-electron chi connectivity index (χ2n) is 11.1. The maximum atomic E-state index is 13.8. The molecule has 0 aliphatic carbocycles. The van der Waals surface area contributed by atoms with Crippen molar-refractivity contribution in [1.82, 2.24) is 9.80 Å². The molecule has 42 heavy (non-hydrogen) atoms. The number of rotatable bonds is 9. The third-order valence-corrected chi connectivity index (χ3v) is 10.4. The van der Waals surface area contributed by atoms with Gasteiger partial charge in [0.1, 0.15) is 0 Å². The molecule has 0 N–H and O–H groups in total. The minimum Gasteiger partial charge on any atom is -0.341 e. The van der Waals surface area contributed by atoms with E-state index in [1.807, 2.05) is 73.8 Å². The van der Waals surface area contributed by atoms with Crippen LogP contribution in [0.3, 0.4) is 0 Å². The molecular formula is C34H35Cl3N2O2S. The van der Waals surface area contributed by atoms with E-state index < -0.39 is 10.8 Å². The molecule has 5 rings (SSSR count). The lowest BCUT2D eigenvalue weighted by Crippen LogP contribution is -2.36. The highest BCUT2D eigenvalue weighted by Crippen LogP contribution is 2.34. The van der Waals surface area contributed by atoms with Crippen LogP contribution < -0.4 is 0 Å². The van der Waals surface area contributed by atoms with E-state index in [1.54, 1.807) is 17.2 Å². The van der Waals surface area contributed by atoms with Crippen molar-refractivity contribution in [3.63, 3.8) is 0 Å². The summed E-state index contributed by atoms with van der Waals surface area (Å²) in [6.07, 6.45) is 4.68. The predicted octanol–water partition coefficient (Wildman–Crippen LogP) is 8.66. The lowest BCUT2D eigenvalue weighted by Gasteiger charge is -2.34. The molecule has 0 unspecified atom stereocenters. The summed E-state index contributed by atoms with van der Waals surface area (Å²) >= 11 is 19.3. The monoisotopic (exact) mass is 640 g/mol. The summed E-state index contributed by atoms with van der Waals surface area (Å²) in [5, 5.41) is 3.31. The average molecular weight is 642 g/mol. The van der Waals surface area contributed by atoms with Crippen LogP contribution in [-0.2, 0) is 10.8 Å². The van der Waals surface area contributed by atoms with Gasteiger partial charge in [-0.25, -0.2) is 0 Å². The van der Waals surface area contributed by atoms with Crippen LogP contribution in [0.4, 0.5) is 0 Å². The van der Waals surface area contributed by atoms with Gasteiger partial charge in [-0.05, 0) is 91.0 Å². The number of fused-ring (bicyclic) bond motifs is 1. The van der Waals surface area contributed by atoms with Crippen molar-refractivity contribution in [2.75, 3.05) is 39.5 Å². The number of hydrogen-bond acceptors (Lipinski definition) is 3. The van der Waals surface area contributed by atoms with Gasteiger partial charge in [-0.1, -0.05) is 89.4 Å². The van der Waals surface area contributed by atoms with E-state index in [0.717, 1.165) is 60.1 Å². The second kappa shape index (κ2) is 13.9. The van der Waals surface area contributed by atoms with Crippen LogP contribution in [0.5, 0.6) is 0 Å². The van der Waals surface area contributed by atoms with E-state index in [1.165, 1.54) is 5.56 Å². The van der Waals surface area contributed by atoms with Crippen LogP contribution in [0.25, 0.3) is 10.8 Å². The van der Waals surface area contributed by atoms with Crippen LogP contribution in [0, 0.1) is 0 Å². The van der Waals surface area contributed by atoms with Gasteiger partial charge >= 0.3 is 0 Å². The van der Waals surface area contributed by atoms with Gasteiger partial charge in [0.15, 0.2) is 0 Å². The largest absolute Gasteiger partial charge is 0.341 e. The third kappa shape index (κ3) is 7.03. The Hall–Kier alpha value is -2.41. The van der Waals surface area contributed by atoms with E-state index in [-0.39, 0.29) is 11.8 Å². The van der Waals surface area contributed by atoms with Crippen LogP contribution in [0.1, 0.15) is 52.6 Å². The van der Waals surface area contributed by atoms with E-state index >= 15 is 0 Å². The fourth-order valence-electron chi connectivity index (χ4n) is 6.08. The number of likely N-dealkylation sites (tertiary alicyclic amines) is 1.